The smallest absolute Gasteiger partial charge is 0.306 e. The third-order valence-corrected chi connectivity index (χ3v) is 9.02. The van der Waals surface area contributed by atoms with Crippen molar-refractivity contribution in [2.75, 3.05) is 46.2 Å². The van der Waals surface area contributed by atoms with Crippen LogP contribution in [-0.4, -0.2) is 73.2 Å². The molecular weight excluding hydrogens is 609 g/mol. The van der Waals surface area contributed by atoms with E-state index in [2.05, 4.69) is 26.0 Å². The van der Waals surface area contributed by atoms with Gasteiger partial charge in [0.2, 0.25) is 5.91 Å². The predicted molar refractivity (Wildman–Crippen MR) is 200 cm³/mol. The van der Waals surface area contributed by atoms with Crippen LogP contribution < -0.4 is 0 Å². The van der Waals surface area contributed by atoms with Gasteiger partial charge >= 0.3 is 11.9 Å². The molecule has 47 heavy (non-hydrogen) atoms. The number of rotatable bonds is 34. The summed E-state index contributed by atoms with van der Waals surface area (Å²) in [5.74, 6) is 0.259. The number of unbranched alkanes of at least 4 members (excludes halogenated alkanes) is 17. The first-order valence-electron chi connectivity index (χ1n) is 19.1. The number of esters is 2. The Morgan fingerprint density at radius 2 is 0.936 bits per heavy atom. The van der Waals surface area contributed by atoms with E-state index in [4.69, 9.17) is 9.47 Å². The first kappa shape index (κ1) is 45.2. The molecule has 8 heteroatoms. The normalized spacial score (nSPS) is 11.6. The highest BCUT2D eigenvalue weighted by atomic mass is 32.2. The van der Waals surface area contributed by atoms with Crippen molar-refractivity contribution in [3.63, 3.8) is 0 Å². The van der Waals surface area contributed by atoms with Crippen LogP contribution in [0.4, 0.5) is 0 Å². The molecular formula is C39H72N2O5S. The molecule has 0 N–H and O–H groups in total. The Morgan fingerprint density at radius 3 is 1.36 bits per heavy atom. The fourth-order valence-electron chi connectivity index (χ4n) is 5.19. The Kier molecular flexibility index (Phi) is 34.1. The summed E-state index contributed by atoms with van der Waals surface area (Å²) in [6, 6.07) is 0. The van der Waals surface area contributed by atoms with Crippen LogP contribution in [0, 0.1) is 0 Å². The molecule has 0 spiro atoms. The van der Waals surface area contributed by atoms with Gasteiger partial charge in [-0.2, -0.15) is 0 Å². The molecule has 0 saturated heterocycles. The lowest BCUT2D eigenvalue weighted by atomic mass is 10.1. The van der Waals surface area contributed by atoms with Gasteiger partial charge in [0.15, 0.2) is 0 Å². The summed E-state index contributed by atoms with van der Waals surface area (Å²) in [6.07, 6.45) is 33.0. The van der Waals surface area contributed by atoms with Gasteiger partial charge in [-0.25, -0.2) is 0 Å². The first-order valence-corrected chi connectivity index (χ1v) is 20.0. The van der Waals surface area contributed by atoms with Crippen molar-refractivity contribution in [3.05, 3.63) is 24.3 Å². The summed E-state index contributed by atoms with van der Waals surface area (Å²) < 4.78 is 12.6. The van der Waals surface area contributed by atoms with Crippen molar-refractivity contribution in [1.82, 2.24) is 9.21 Å². The van der Waals surface area contributed by atoms with Crippen molar-refractivity contribution in [2.45, 2.75) is 162 Å². The summed E-state index contributed by atoms with van der Waals surface area (Å²) in [4.78, 5) is 39.0. The summed E-state index contributed by atoms with van der Waals surface area (Å²) in [5.41, 5.74) is 0. The minimum atomic E-state index is -0.150. The van der Waals surface area contributed by atoms with E-state index in [0.29, 0.717) is 44.9 Å². The van der Waals surface area contributed by atoms with E-state index in [1.807, 2.05) is 35.5 Å². The average molecular weight is 681 g/mol. The van der Waals surface area contributed by atoms with Crippen LogP contribution in [0.1, 0.15) is 162 Å². The Morgan fingerprint density at radius 1 is 0.532 bits per heavy atom. The topological polar surface area (TPSA) is 76.1 Å². The highest BCUT2D eigenvalue weighted by Crippen LogP contribution is 2.12. The van der Waals surface area contributed by atoms with E-state index in [0.717, 1.165) is 51.4 Å². The lowest BCUT2D eigenvalue weighted by Gasteiger charge is -2.23. The van der Waals surface area contributed by atoms with E-state index < -0.39 is 0 Å². The molecule has 0 radical (unpaired) electrons. The standard InChI is InChI=1S/C39H72N2O5S/c1-5-7-9-11-13-15-17-19-21-29-35-46-39(44)31-25-23-27-33-41(37(42)36-47-40(3)4)32-26-22-24-30-38(43)45-34-28-20-18-16-14-12-10-8-6-2/h20-21,28-29H,5-19,22-27,30-36H2,1-4H3/b28-20-,29-21-. The van der Waals surface area contributed by atoms with Crippen LogP contribution in [-0.2, 0) is 23.9 Å². The molecule has 7 nitrogen and oxygen atoms in total. The maximum atomic E-state index is 12.9. The van der Waals surface area contributed by atoms with Gasteiger partial charge in [0.05, 0.1) is 5.75 Å². The van der Waals surface area contributed by atoms with Crippen molar-refractivity contribution in [1.29, 1.82) is 0 Å². The molecule has 0 aliphatic rings. The van der Waals surface area contributed by atoms with Gasteiger partial charge in [-0.05, 0) is 65.5 Å². The highest BCUT2D eigenvalue weighted by molar-refractivity contribution is 7.97. The number of ether oxygens (including phenoxy) is 2. The molecule has 274 valence electrons. The van der Waals surface area contributed by atoms with E-state index in [-0.39, 0.29) is 17.8 Å². The molecule has 0 aromatic rings. The maximum absolute atomic E-state index is 12.9. The van der Waals surface area contributed by atoms with Crippen molar-refractivity contribution >= 4 is 29.8 Å². The largest absolute Gasteiger partial charge is 0.461 e. The average Bonchev–Trinajstić information content (AvgIpc) is 3.05. The van der Waals surface area contributed by atoms with Gasteiger partial charge < -0.3 is 14.4 Å². The second kappa shape index (κ2) is 35.5. The van der Waals surface area contributed by atoms with E-state index >= 15 is 0 Å². The molecule has 0 aromatic carbocycles. The molecule has 0 rings (SSSR count). The Balaban J connectivity index is 4.06. The van der Waals surface area contributed by atoms with Crippen LogP contribution in [0.2, 0.25) is 0 Å². The zero-order valence-corrected chi connectivity index (χ0v) is 31.8. The third kappa shape index (κ3) is 33.9. The number of hydrogen-bond acceptors (Lipinski definition) is 7. The second-order valence-electron chi connectivity index (χ2n) is 12.9. The van der Waals surface area contributed by atoms with Crippen LogP contribution in [0.3, 0.4) is 0 Å². The number of carbonyl (C=O) groups excluding carboxylic acids is 3. The molecule has 0 aliphatic carbocycles. The van der Waals surface area contributed by atoms with E-state index in [9.17, 15) is 14.4 Å². The third-order valence-electron chi connectivity index (χ3n) is 8.13. The fraction of sp³-hybridized carbons (Fsp3) is 0.821. The summed E-state index contributed by atoms with van der Waals surface area (Å²) in [5, 5.41) is 0. The molecule has 0 atom stereocenters. The Labute approximate surface area is 294 Å². The van der Waals surface area contributed by atoms with Gasteiger partial charge in [0.1, 0.15) is 13.2 Å². The minimum absolute atomic E-state index is 0.138. The van der Waals surface area contributed by atoms with Crippen molar-refractivity contribution in [3.8, 4) is 0 Å². The highest BCUT2D eigenvalue weighted by Gasteiger charge is 2.14. The van der Waals surface area contributed by atoms with Gasteiger partial charge in [-0.3, -0.25) is 18.7 Å². The van der Waals surface area contributed by atoms with Gasteiger partial charge in [-0.1, -0.05) is 134 Å². The number of hydrogen-bond donors (Lipinski definition) is 0. The van der Waals surface area contributed by atoms with Gasteiger partial charge in [0.25, 0.3) is 0 Å². The number of amides is 1. The lowest BCUT2D eigenvalue weighted by Crippen LogP contribution is -2.35. The van der Waals surface area contributed by atoms with Crippen LogP contribution in [0.15, 0.2) is 24.3 Å². The summed E-state index contributed by atoms with van der Waals surface area (Å²) >= 11 is 1.51. The summed E-state index contributed by atoms with van der Waals surface area (Å²) in [7, 11) is 3.89. The van der Waals surface area contributed by atoms with Gasteiger partial charge in [0, 0.05) is 25.9 Å². The van der Waals surface area contributed by atoms with Crippen LogP contribution in [0.25, 0.3) is 0 Å². The fourth-order valence-corrected chi connectivity index (χ4v) is 5.75. The minimum Gasteiger partial charge on any atom is -0.461 e. The maximum Gasteiger partial charge on any atom is 0.306 e. The monoisotopic (exact) mass is 681 g/mol. The van der Waals surface area contributed by atoms with E-state index in [1.165, 1.54) is 95.4 Å². The Hall–Kier alpha value is -1.80. The SMILES string of the molecule is CCCCCCCC/C=C\COC(=O)CCCCCN(CCCCCC(=O)OC/C=C\CCCCCCCCC)C(=O)CSN(C)C. The number of nitrogens with zero attached hydrogens (tertiary/aromatic N) is 2. The lowest BCUT2D eigenvalue weighted by molar-refractivity contribution is -0.143. The quantitative estimate of drug-likeness (QED) is 0.0290. The second-order valence-corrected chi connectivity index (χ2v) is 14.1. The van der Waals surface area contributed by atoms with Crippen molar-refractivity contribution in [2.24, 2.45) is 0 Å². The molecule has 0 heterocycles. The number of allylic oxidation sites excluding steroid dienone is 2. The molecule has 0 saturated carbocycles. The molecule has 0 fully saturated rings. The van der Waals surface area contributed by atoms with Crippen LogP contribution >= 0.6 is 11.9 Å². The molecule has 0 aromatic heterocycles. The first-order chi connectivity index (χ1) is 22.9. The zero-order valence-electron chi connectivity index (χ0n) is 31.0. The van der Waals surface area contributed by atoms with Crippen molar-refractivity contribution < 1.29 is 23.9 Å². The molecule has 0 aliphatic heterocycles. The predicted octanol–water partition coefficient (Wildman–Crippen LogP) is 10.2. The summed E-state index contributed by atoms with van der Waals surface area (Å²) in [6.45, 7) is 6.57. The molecule has 0 bridgehead atoms. The molecule has 0 unspecified atom stereocenters. The van der Waals surface area contributed by atoms with Crippen LogP contribution in [0.5, 0.6) is 0 Å². The zero-order chi connectivity index (χ0) is 34.6. The Bertz CT molecular complexity index is 802. The number of carbonyl (C=O) groups is 3. The van der Waals surface area contributed by atoms with E-state index in [1.54, 1.807) is 0 Å². The molecule has 1 amide bonds. The van der Waals surface area contributed by atoms with Gasteiger partial charge in [-0.15, -0.1) is 0 Å².